The van der Waals surface area contributed by atoms with Crippen LogP contribution in [0.15, 0.2) is 47.4 Å². The van der Waals surface area contributed by atoms with Crippen molar-refractivity contribution >= 4 is 10.0 Å². The fraction of sp³-hybridized carbons (Fsp3) is 0.429. The number of rotatable bonds is 7. The summed E-state index contributed by atoms with van der Waals surface area (Å²) >= 11 is 0. The van der Waals surface area contributed by atoms with Crippen LogP contribution in [0, 0.1) is 12.7 Å². The normalized spacial score (nSPS) is 18.0. The van der Waals surface area contributed by atoms with Crippen LogP contribution < -0.4 is 9.46 Å². The molecular formula is C21H27FN2O3S. The van der Waals surface area contributed by atoms with Crippen LogP contribution in [0.4, 0.5) is 4.39 Å². The molecule has 0 aromatic heterocycles. The van der Waals surface area contributed by atoms with Gasteiger partial charge >= 0.3 is 0 Å². The zero-order valence-electron chi connectivity index (χ0n) is 16.5. The molecule has 0 aliphatic carbocycles. The molecule has 152 valence electrons. The Bertz CT molecular complexity index is 914. The van der Waals surface area contributed by atoms with Gasteiger partial charge in [0.1, 0.15) is 11.6 Å². The van der Waals surface area contributed by atoms with Gasteiger partial charge in [-0.15, -0.1) is 0 Å². The fourth-order valence-electron chi connectivity index (χ4n) is 3.42. The van der Waals surface area contributed by atoms with Crippen LogP contribution in [0.5, 0.6) is 5.75 Å². The molecule has 2 aromatic rings. The highest BCUT2D eigenvalue weighted by Gasteiger charge is 2.28. The number of aryl methyl sites for hydroxylation is 1. The average molecular weight is 407 g/mol. The van der Waals surface area contributed by atoms with E-state index in [1.54, 1.807) is 6.92 Å². The lowest BCUT2D eigenvalue weighted by Gasteiger charge is -2.18. The number of nitrogens with one attached hydrogen (secondary N) is 1. The number of benzene rings is 2. The molecule has 1 N–H and O–H groups in total. The van der Waals surface area contributed by atoms with Crippen LogP contribution in [-0.4, -0.2) is 38.6 Å². The second-order valence-corrected chi connectivity index (χ2v) is 9.24. The van der Waals surface area contributed by atoms with Gasteiger partial charge in [-0.2, -0.15) is 0 Å². The van der Waals surface area contributed by atoms with E-state index in [-0.39, 0.29) is 17.0 Å². The van der Waals surface area contributed by atoms with E-state index in [0.29, 0.717) is 12.1 Å². The van der Waals surface area contributed by atoms with E-state index in [4.69, 9.17) is 4.74 Å². The lowest BCUT2D eigenvalue weighted by atomic mass is 10.2. The summed E-state index contributed by atoms with van der Waals surface area (Å²) in [5.41, 5.74) is 1.69. The Labute approximate surface area is 166 Å². The Kier molecular flexibility index (Phi) is 6.37. The highest BCUT2D eigenvalue weighted by molar-refractivity contribution is 7.89. The molecule has 1 fully saturated rings. The molecule has 1 aliphatic rings. The quantitative estimate of drug-likeness (QED) is 0.765. The molecule has 7 heteroatoms. The summed E-state index contributed by atoms with van der Waals surface area (Å²) in [7, 11) is -3.74. The second kappa shape index (κ2) is 8.59. The summed E-state index contributed by atoms with van der Waals surface area (Å²) in [6.45, 7) is 7.83. The molecule has 28 heavy (non-hydrogen) atoms. The number of nitrogens with zero attached hydrogens (tertiary/aromatic N) is 1. The standard InChI is InChI=1S/C21H27FN2O3S/c1-15(2)27-20-8-5-17(6-9-20)13-24-11-10-19(14-24)23-28(25,26)21-12-18(22)7-4-16(21)3/h4-9,12,15,19,23H,10-11,13-14H2,1-3H3/t19-/m1/s1. The van der Waals surface area contributed by atoms with E-state index >= 15 is 0 Å². The van der Waals surface area contributed by atoms with Crippen molar-refractivity contribution in [1.29, 1.82) is 0 Å². The molecule has 0 saturated carbocycles. The number of ether oxygens (including phenoxy) is 1. The zero-order valence-corrected chi connectivity index (χ0v) is 17.3. The maximum Gasteiger partial charge on any atom is 0.241 e. The van der Waals surface area contributed by atoms with Gasteiger partial charge in [0, 0.05) is 25.7 Å². The topological polar surface area (TPSA) is 58.6 Å². The molecule has 1 aliphatic heterocycles. The minimum atomic E-state index is -3.74. The molecular weight excluding hydrogens is 379 g/mol. The van der Waals surface area contributed by atoms with E-state index in [0.717, 1.165) is 36.9 Å². The number of halogens is 1. The predicted molar refractivity (Wildman–Crippen MR) is 107 cm³/mol. The Hall–Kier alpha value is -1.96. The number of hydrogen-bond donors (Lipinski definition) is 1. The van der Waals surface area contributed by atoms with Gasteiger partial charge in [0.15, 0.2) is 0 Å². The Morgan fingerprint density at radius 2 is 1.93 bits per heavy atom. The summed E-state index contributed by atoms with van der Waals surface area (Å²) < 4.78 is 47.2. The van der Waals surface area contributed by atoms with E-state index < -0.39 is 15.8 Å². The van der Waals surface area contributed by atoms with Crippen molar-refractivity contribution in [2.24, 2.45) is 0 Å². The van der Waals surface area contributed by atoms with Crippen LogP contribution in [0.1, 0.15) is 31.4 Å². The summed E-state index contributed by atoms with van der Waals surface area (Å²) in [6.07, 6.45) is 0.863. The number of sulfonamides is 1. The Morgan fingerprint density at radius 1 is 1.21 bits per heavy atom. The molecule has 2 aromatic carbocycles. The van der Waals surface area contributed by atoms with Crippen molar-refractivity contribution in [1.82, 2.24) is 9.62 Å². The van der Waals surface area contributed by atoms with Crippen LogP contribution in [-0.2, 0) is 16.6 Å². The largest absolute Gasteiger partial charge is 0.491 e. The third-order valence-corrected chi connectivity index (χ3v) is 6.40. The van der Waals surface area contributed by atoms with Crippen molar-refractivity contribution in [3.63, 3.8) is 0 Å². The average Bonchev–Trinajstić information content (AvgIpc) is 3.04. The van der Waals surface area contributed by atoms with Crippen molar-refractivity contribution in [2.75, 3.05) is 13.1 Å². The van der Waals surface area contributed by atoms with Gasteiger partial charge in [-0.3, -0.25) is 4.90 Å². The highest BCUT2D eigenvalue weighted by atomic mass is 32.2. The first-order valence-electron chi connectivity index (χ1n) is 9.49. The van der Waals surface area contributed by atoms with Gasteiger partial charge in [-0.25, -0.2) is 17.5 Å². The van der Waals surface area contributed by atoms with Crippen LogP contribution in [0.2, 0.25) is 0 Å². The van der Waals surface area contributed by atoms with Gasteiger partial charge in [0.2, 0.25) is 10.0 Å². The number of hydrogen-bond acceptors (Lipinski definition) is 4. The second-order valence-electron chi connectivity index (χ2n) is 7.56. The first-order valence-corrected chi connectivity index (χ1v) is 11.0. The minimum absolute atomic E-state index is 0.00620. The van der Waals surface area contributed by atoms with Gasteiger partial charge < -0.3 is 4.74 Å². The van der Waals surface area contributed by atoms with E-state index in [1.165, 1.54) is 12.1 Å². The smallest absolute Gasteiger partial charge is 0.241 e. The Balaban J connectivity index is 1.58. The van der Waals surface area contributed by atoms with Crippen molar-refractivity contribution in [3.05, 3.63) is 59.4 Å². The third-order valence-electron chi connectivity index (χ3n) is 4.74. The van der Waals surface area contributed by atoms with Crippen LogP contribution >= 0.6 is 0 Å². The summed E-state index contributed by atoms with van der Waals surface area (Å²) in [4.78, 5) is 2.22. The molecule has 1 saturated heterocycles. The molecule has 1 atom stereocenters. The lowest BCUT2D eigenvalue weighted by Crippen LogP contribution is -2.37. The molecule has 0 amide bonds. The molecule has 1 heterocycles. The fourth-order valence-corrected chi connectivity index (χ4v) is 4.94. The first-order chi connectivity index (χ1) is 13.2. The van der Waals surface area contributed by atoms with Crippen molar-refractivity contribution in [2.45, 2.75) is 50.8 Å². The van der Waals surface area contributed by atoms with Gasteiger partial charge in [-0.1, -0.05) is 18.2 Å². The highest BCUT2D eigenvalue weighted by Crippen LogP contribution is 2.21. The summed E-state index contributed by atoms with van der Waals surface area (Å²) in [5, 5.41) is 0. The maximum atomic E-state index is 13.5. The Morgan fingerprint density at radius 3 is 2.61 bits per heavy atom. The van der Waals surface area contributed by atoms with E-state index in [2.05, 4.69) is 9.62 Å². The van der Waals surface area contributed by atoms with Gasteiger partial charge in [-0.05, 0) is 62.6 Å². The van der Waals surface area contributed by atoms with Crippen LogP contribution in [0.3, 0.4) is 0 Å². The van der Waals surface area contributed by atoms with E-state index in [9.17, 15) is 12.8 Å². The zero-order chi connectivity index (χ0) is 20.3. The third kappa shape index (κ3) is 5.31. The minimum Gasteiger partial charge on any atom is -0.491 e. The van der Waals surface area contributed by atoms with Gasteiger partial charge in [0.05, 0.1) is 11.0 Å². The monoisotopic (exact) mass is 406 g/mol. The predicted octanol–water partition coefficient (Wildman–Crippen LogP) is 3.47. The van der Waals surface area contributed by atoms with E-state index in [1.807, 2.05) is 38.1 Å². The molecule has 0 unspecified atom stereocenters. The van der Waals surface area contributed by atoms with Crippen molar-refractivity contribution < 1.29 is 17.5 Å². The molecule has 0 radical (unpaired) electrons. The molecule has 3 rings (SSSR count). The molecule has 0 spiro atoms. The SMILES string of the molecule is Cc1ccc(F)cc1S(=O)(=O)N[C@@H]1CCN(Cc2ccc(OC(C)C)cc2)C1. The van der Waals surface area contributed by atoms with Crippen LogP contribution in [0.25, 0.3) is 0 Å². The number of likely N-dealkylation sites (tertiary alicyclic amines) is 1. The molecule has 0 bridgehead atoms. The molecule has 5 nitrogen and oxygen atoms in total. The summed E-state index contributed by atoms with van der Waals surface area (Å²) in [5.74, 6) is 0.292. The first kappa shape index (κ1) is 20.8. The van der Waals surface area contributed by atoms with Crippen molar-refractivity contribution in [3.8, 4) is 5.75 Å². The van der Waals surface area contributed by atoms with Gasteiger partial charge in [0.25, 0.3) is 0 Å². The lowest BCUT2D eigenvalue weighted by molar-refractivity contribution is 0.242. The maximum absolute atomic E-state index is 13.5. The summed E-state index contributed by atoms with van der Waals surface area (Å²) in [6, 6.07) is 11.6.